The van der Waals surface area contributed by atoms with E-state index in [1.54, 1.807) is 19.2 Å². The number of benzene rings is 1. The minimum atomic E-state index is 0.732. The van der Waals surface area contributed by atoms with Gasteiger partial charge in [0.05, 0.1) is 7.11 Å². The second kappa shape index (κ2) is 7.55. The van der Waals surface area contributed by atoms with Gasteiger partial charge in [0.15, 0.2) is 0 Å². The molecule has 0 bridgehead atoms. The lowest BCUT2D eigenvalue weighted by Gasteiger charge is -2.08. The molecule has 15 heavy (non-hydrogen) atoms. The zero-order valence-electron chi connectivity index (χ0n) is 9.13. The van der Waals surface area contributed by atoms with E-state index in [9.17, 15) is 0 Å². The van der Waals surface area contributed by atoms with Gasteiger partial charge < -0.3 is 10.1 Å². The van der Waals surface area contributed by atoms with Crippen LogP contribution in [0, 0.1) is 0 Å². The van der Waals surface area contributed by atoms with Crippen LogP contribution in [0.3, 0.4) is 0 Å². The van der Waals surface area contributed by atoms with Gasteiger partial charge in [-0.05, 0) is 50.2 Å². The minimum Gasteiger partial charge on any atom is -0.497 e. The summed E-state index contributed by atoms with van der Waals surface area (Å²) in [7, 11) is 1.63. The van der Waals surface area contributed by atoms with Crippen LogP contribution in [0.15, 0.2) is 24.3 Å². The summed E-state index contributed by atoms with van der Waals surface area (Å²) in [6.07, 6.45) is 4.22. The molecular weight excluding hydrogens is 210 g/mol. The third-order valence-corrected chi connectivity index (χ3v) is 2.51. The Morgan fingerprint density at radius 2 is 1.67 bits per heavy atom. The van der Waals surface area contributed by atoms with Crippen molar-refractivity contribution in [2.75, 3.05) is 20.2 Å². The summed E-state index contributed by atoms with van der Waals surface area (Å²) in [5.74, 6) is 0.833. The van der Waals surface area contributed by atoms with Crippen LogP contribution in [0.1, 0.15) is 19.3 Å². The predicted molar refractivity (Wildman–Crippen MR) is 64.7 cm³/mol. The molecule has 0 radical (unpaired) electrons. The molecule has 1 fully saturated rings. The van der Waals surface area contributed by atoms with Gasteiger partial charge in [0.25, 0.3) is 0 Å². The van der Waals surface area contributed by atoms with Crippen molar-refractivity contribution in [1.29, 1.82) is 0 Å². The second-order valence-corrected chi connectivity index (χ2v) is 3.91. The highest BCUT2D eigenvalue weighted by atomic mass is 35.5. The normalized spacial score (nSPS) is 15.1. The van der Waals surface area contributed by atoms with Crippen LogP contribution < -0.4 is 10.1 Å². The van der Waals surface area contributed by atoms with Gasteiger partial charge in [-0.3, -0.25) is 0 Å². The van der Waals surface area contributed by atoms with Gasteiger partial charge >= 0.3 is 0 Å². The number of piperidine rings is 1. The van der Waals surface area contributed by atoms with Gasteiger partial charge in [-0.2, -0.15) is 0 Å². The van der Waals surface area contributed by atoms with Crippen molar-refractivity contribution < 1.29 is 4.74 Å². The van der Waals surface area contributed by atoms with Crippen molar-refractivity contribution in [3.05, 3.63) is 29.3 Å². The van der Waals surface area contributed by atoms with Crippen LogP contribution in [-0.2, 0) is 0 Å². The van der Waals surface area contributed by atoms with E-state index in [4.69, 9.17) is 16.3 Å². The van der Waals surface area contributed by atoms with Crippen molar-refractivity contribution in [3.8, 4) is 5.75 Å². The fraction of sp³-hybridized carbons (Fsp3) is 0.500. The maximum Gasteiger partial charge on any atom is 0.118 e. The SMILES string of the molecule is C1CCNCC1.COc1ccc(Cl)cc1. The average Bonchev–Trinajstić information content (AvgIpc) is 2.33. The molecule has 2 nitrogen and oxygen atoms in total. The quantitative estimate of drug-likeness (QED) is 0.796. The maximum atomic E-state index is 5.61. The standard InChI is InChI=1S/C7H7ClO.C5H11N/c1-9-7-4-2-6(8)3-5-7;1-2-4-6-5-3-1/h2-5H,1H3;6H,1-5H2. The van der Waals surface area contributed by atoms with E-state index in [1.807, 2.05) is 12.1 Å². The Hall–Kier alpha value is -0.730. The van der Waals surface area contributed by atoms with E-state index in [-0.39, 0.29) is 0 Å². The third-order valence-electron chi connectivity index (χ3n) is 2.26. The van der Waals surface area contributed by atoms with Crippen LogP contribution >= 0.6 is 11.6 Å². The molecule has 0 spiro atoms. The number of hydrogen-bond donors (Lipinski definition) is 1. The molecule has 1 aliphatic heterocycles. The van der Waals surface area contributed by atoms with Gasteiger partial charge in [-0.25, -0.2) is 0 Å². The fourth-order valence-electron chi connectivity index (χ4n) is 1.37. The van der Waals surface area contributed by atoms with Gasteiger partial charge in [0.1, 0.15) is 5.75 Å². The zero-order valence-corrected chi connectivity index (χ0v) is 9.89. The van der Waals surface area contributed by atoms with Crippen molar-refractivity contribution in [1.82, 2.24) is 5.32 Å². The predicted octanol–water partition coefficient (Wildman–Crippen LogP) is 3.11. The summed E-state index contributed by atoms with van der Waals surface area (Å²) in [6, 6.07) is 7.23. The largest absolute Gasteiger partial charge is 0.497 e. The van der Waals surface area contributed by atoms with E-state index in [2.05, 4.69) is 5.32 Å². The maximum absolute atomic E-state index is 5.61. The Morgan fingerprint density at radius 3 is 2.00 bits per heavy atom. The Labute approximate surface area is 96.6 Å². The molecule has 1 aromatic rings. The Bertz CT molecular complexity index is 245. The first-order valence-corrected chi connectivity index (χ1v) is 5.71. The third kappa shape index (κ3) is 5.65. The van der Waals surface area contributed by atoms with Crippen molar-refractivity contribution >= 4 is 11.6 Å². The summed E-state index contributed by atoms with van der Waals surface area (Å²) in [4.78, 5) is 0. The number of hydrogen-bond acceptors (Lipinski definition) is 2. The van der Waals surface area contributed by atoms with Crippen LogP contribution in [0.4, 0.5) is 0 Å². The van der Waals surface area contributed by atoms with Gasteiger partial charge in [0.2, 0.25) is 0 Å². The van der Waals surface area contributed by atoms with Crippen LogP contribution in [0.25, 0.3) is 0 Å². The molecule has 1 N–H and O–H groups in total. The van der Waals surface area contributed by atoms with E-state index >= 15 is 0 Å². The number of ether oxygens (including phenoxy) is 1. The average molecular weight is 228 g/mol. The molecule has 0 unspecified atom stereocenters. The van der Waals surface area contributed by atoms with Crippen LogP contribution in [-0.4, -0.2) is 20.2 Å². The minimum absolute atomic E-state index is 0.732. The summed E-state index contributed by atoms with van der Waals surface area (Å²) < 4.78 is 4.91. The molecule has 84 valence electrons. The highest BCUT2D eigenvalue weighted by Crippen LogP contribution is 2.14. The summed E-state index contributed by atoms with van der Waals surface area (Å²) in [5.41, 5.74) is 0. The molecule has 0 atom stereocenters. The Balaban J connectivity index is 0.000000162. The molecule has 3 heteroatoms. The molecule has 0 amide bonds. The highest BCUT2D eigenvalue weighted by Gasteiger charge is 1.93. The van der Waals surface area contributed by atoms with Crippen molar-refractivity contribution in [2.24, 2.45) is 0 Å². The van der Waals surface area contributed by atoms with Gasteiger partial charge in [-0.15, -0.1) is 0 Å². The molecule has 0 aliphatic carbocycles. The Morgan fingerprint density at radius 1 is 1.07 bits per heavy atom. The molecule has 0 saturated carbocycles. The van der Waals surface area contributed by atoms with E-state index in [0.717, 1.165) is 10.8 Å². The molecular formula is C12H18ClNO. The Kier molecular flexibility index (Phi) is 6.21. The van der Waals surface area contributed by atoms with Gasteiger partial charge in [-0.1, -0.05) is 18.0 Å². The monoisotopic (exact) mass is 227 g/mol. The van der Waals surface area contributed by atoms with Crippen molar-refractivity contribution in [2.45, 2.75) is 19.3 Å². The van der Waals surface area contributed by atoms with Crippen molar-refractivity contribution in [3.63, 3.8) is 0 Å². The van der Waals surface area contributed by atoms with E-state index in [1.165, 1.54) is 32.4 Å². The number of methoxy groups -OCH3 is 1. The molecule has 0 aromatic heterocycles. The lowest BCUT2D eigenvalue weighted by molar-refractivity contribution is 0.415. The summed E-state index contributed by atoms with van der Waals surface area (Å²) in [5, 5.41) is 4.02. The van der Waals surface area contributed by atoms with E-state index in [0.29, 0.717) is 0 Å². The molecule has 1 aliphatic rings. The molecule has 1 aromatic carbocycles. The molecule has 2 rings (SSSR count). The molecule has 1 saturated heterocycles. The number of halogens is 1. The van der Waals surface area contributed by atoms with Gasteiger partial charge in [0, 0.05) is 5.02 Å². The van der Waals surface area contributed by atoms with Crippen LogP contribution in [0.5, 0.6) is 5.75 Å². The number of nitrogens with one attached hydrogen (secondary N) is 1. The lowest BCUT2D eigenvalue weighted by Crippen LogP contribution is -2.21. The smallest absolute Gasteiger partial charge is 0.118 e. The second-order valence-electron chi connectivity index (χ2n) is 3.47. The van der Waals surface area contributed by atoms with Crippen LogP contribution in [0.2, 0.25) is 5.02 Å². The zero-order chi connectivity index (χ0) is 10.9. The summed E-state index contributed by atoms with van der Waals surface area (Å²) in [6.45, 7) is 2.50. The summed E-state index contributed by atoms with van der Waals surface area (Å²) >= 11 is 5.61. The fourth-order valence-corrected chi connectivity index (χ4v) is 1.50. The topological polar surface area (TPSA) is 21.3 Å². The first kappa shape index (κ1) is 12.3. The van der Waals surface area contributed by atoms with E-state index < -0.39 is 0 Å². The molecule has 1 heterocycles. The lowest BCUT2D eigenvalue weighted by atomic mass is 10.2. The first-order valence-electron chi connectivity index (χ1n) is 5.33. The number of rotatable bonds is 1. The first-order chi connectivity index (χ1) is 7.33. The highest BCUT2D eigenvalue weighted by molar-refractivity contribution is 6.30.